The van der Waals surface area contributed by atoms with Gasteiger partial charge in [0.25, 0.3) is 5.91 Å². The topological polar surface area (TPSA) is 66.4 Å². The van der Waals surface area contributed by atoms with Crippen molar-refractivity contribution in [3.8, 4) is 0 Å². The highest BCUT2D eigenvalue weighted by Crippen LogP contribution is 2.27. The lowest BCUT2D eigenvalue weighted by atomic mass is 10.0. The van der Waals surface area contributed by atoms with E-state index in [0.717, 1.165) is 10.0 Å². The maximum absolute atomic E-state index is 12.0. The van der Waals surface area contributed by atoms with Crippen molar-refractivity contribution in [1.29, 1.82) is 0 Å². The molecular weight excluding hydrogens is 318 g/mol. The molecule has 0 unspecified atom stereocenters. The number of thiophene rings is 1. The third kappa shape index (κ3) is 3.81. The molecule has 2 N–H and O–H groups in total. The molecule has 0 saturated carbocycles. The van der Waals surface area contributed by atoms with E-state index in [-0.39, 0.29) is 11.8 Å². The minimum Gasteiger partial charge on any atom is -0.480 e. The second-order valence-corrected chi connectivity index (χ2v) is 6.23. The summed E-state index contributed by atoms with van der Waals surface area (Å²) in [7, 11) is 0. The summed E-state index contributed by atoms with van der Waals surface area (Å²) in [5, 5.41) is 13.5. The van der Waals surface area contributed by atoms with Gasteiger partial charge in [0.15, 0.2) is 0 Å². The quantitative estimate of drug-likeness (QED) is 0.870. The van der Waals surface area contributed by atoms with Crippen LogP contribution in [0, 0.1) is 12.8 Å². The van der Waals surface area contributed by atoms with Gasteiger partial charge in [-0.3, -0.25) is 4.79 Å². The number of carbonyl (C=O) groups is 2. The Kier molecular flexibility index (Phi) is 5.34. The van der Waals surface area contributed by atoms with E-state index >= 15 is 0 Å². The molecule has 1 aromatic rings. The Balaban J connectivity index is 2.79. The van der Waals surface area contributed by atoms with Crippen LogP contribution in [0.3, 0.4) is 0 Å². The molecule has 0 aromatic carbocycles. The molecule has 0 bridgehead atoms. The van der Waals surface area contributed by atoms with E-state index in [1.165, 1.54) is 11.3 Å². The van der Waals surface area contributed by atoms with Gasteiger partial charge < -0.3 is 10.4 Å². The molecule has 0 aliphatic carbocycles. The molecule has 0 spiro atoms. The number of amides is 1. The van der Waals surface area contributed by atoms with Crippen molar-refractivity contribution in [2.75, 3.05) is 0 Å². The predicted octanol–water partition coefficient (Wildman–Crippen LogP) is 3.05. The van der Waals surface area contributed by atoms with Gasteiger partial charge in [-0.1, -0.05) is 13.8 Å². The predicted molar refractivity (Wildman–Crippen MR) is 75.1 cm³/mol. The maximum Gasteiger partial charge on any atom is 0.326 e. The zero-order chi connectivity index (χ0) is 13.9. The summed E-state index contributed by atoms with van der Waals surface area (Å²) in [6, 6.07) is -0.841. The van der Waals surface area contributed by atoms with Crippen LogP contribution < -0.4 is 5.32 Å². The second kappa shape index (κ2) is 6.33. The van der Waals surface area contributed by atoms with Crippen LogP contribution in [0.5, 0.6) is 0 Å². The molecule has 100 valence electrons. The lowest BCUT2D eigenvalue weighted by Crippen LogP contribution is -2.41. The summed E-state index contributed by atoms with van der Waals surface area (Å²) in [6.07, 6.45) is 0.420. The van der Waals surface area contributed by atoms with Crippen LogP contribution >= 0.6 is 27.3 Å². The Hall–Kier alpha value is -0.880. The van der Waals surface area contributed by atoms with Crippen LogP contribution in [-0.4, -0.2) is 23.0 Å². The monoisotopic (exact) mass is 333 g/mol. The van der Waals surface area contributed by atoms with Gasteiger partial charge in [0.05, 0.1) is 0 Å². The minimum absolute atomic E-state index is 0.208. The van der Waals surface area contributed by atoms with Gasteiger partial charge in [0.2, 0.25) is 0 Å². The van der Waals surface area contributed by atoms with Crippen molar-refractivity contribution in [3.05, 3.63) is 20.3 Å². The largest absolute Gasteiger partial charge is 0.480 e. The fourth-order valence-corrected chi connectivity index (χ4v) is 3.07. The number of aryl methyl sites for hydroxylation is 1. The number of carboxylic acids is 1. The standard InChI is InChI=1S/C12H16BrNO3S/c1-6(2)4-8(12(16)17)14-11(15)10-9(13)7(3)5-18-10/h5-6,8H,4H2,1-3H3,(H,14,15)(H,16,17)/t8-/m0/s1. The average Bonchev–Trinajstić information content (AvgIpc) is 2.58. The van der Waals surface area contributed by atoms with E-state index in [4.69, 9.17) is 5.11 Å². The van der Waals surface area contributed by atoms with Gasteiger partial charge in [-0.15, -0.1) is 11.3 Å². The highest BCUT2D eigenvalue weighted by atomic mass is 79.9. The fraction of sp³-hybridized carbons (Fsp3) is 0.500. The molecule has 1 atom stereocenters. The van der Waals surface area contributed by atoms with Crippen LogP contribution in [-0.2, 0) is 4.79 Å². The normalized spacial score (nSPS) is 12.5. The fourth-order valence-electron chi connectivity index (χ4n) is 1.50. The maximum atomic E-state index is 12.0. The van der Waals surface area contributed by atoms with Crippen LogP contribution in [0.2, 0.25) is 0 Å². The molecular formula is C12H16BrNO3S. The van der Waals surface area contributed by atoms with Gasteiger partial charge >= 0.3 is 5.97 Å². The number of carboxylic acid groups (broad SMARTS) is 1. The summed E-state index contributed by atoms with van der Waals surface area (Å²) in [6.45, 7) is 5.74. The van der Waals surface area contributed by atoms with Gasteiger partial charge in [-0.05, 0) is 46.1 Å². The lowest BCUT2D eigenvalue weighted by Gasteiger charge is -2.16. The zero-order valence-electron chi connectivity index (χ0n) is 10.5. The molecule has 1 heterocycles. The number of halogens is 1. The van der Waals surface area contributed by atoms with E-state index in [2.05, 4.69) is 21.2 Å². The molecule has 0 fully saturated rings. The molecule has 1 rings (SSSR count). The Labute approximate surface area is 119 Å². The number of aliphatic carboxylic acids is 1. The molecule has 18 heavy (non-hydrogen) atoms. The van der Waals surface area contributed by atoms with E-state index in [1.54, 1.807) is 0 Å². The zero-order valence-corrected chi connectivity index (χ0v) is 12.9. The molecule has 0 aliphatic rings. The number of hydrogen-bond donors (Lipinski definition) is 2. The Bertz CT molecular complexity index is 456. The van der Waals surface area contributed by atoms with Crippen LogP contribution in [0.1, 0.15) is 35.5 Å². The number of rotatable bonds is 5. The molecule has 0 radical (unpaired) electrons. The number of nitrogens with one attached hydrogen (secondary N) is 1. The third-order valence-corrected chi connectivity index (χ3v) is 4.80. The molecule has 1 amide bonds. The highest BCUT2D eigenvalue weighted by molar-refractivity contribution is 9.10. The van der Waals surface area contributed by atoms with Crippen LogP contribution in [0.25, 0.3) is 0 Å². The van der Waals surface area contributed by atoms with Crippen molar-refractivity contribution in [2.24, 2.45) is 5.92 Å². The van der Waals surface area contributed by atoms with E-state index < -0.39 is 12.0 Å². The summed E-state index contributed by atoms with van der Waals surface area (Å²) < 4.78 is 0.735. The first-order valence-electron chi connectivity index (χ1n) is 5.60. The first-order chi connectivity index (χ1) is 8.32. The lowest BCUT2D eigenvalue weighted by molar-refractivity contribution is -0.139. The smallest absolute Gasteiger partial charge is 0.326 e. The summed E-state index contributed by atoms with van der Waals surface area (Å²) in [4.78, 5) is 23.6. The molecule has 0 saturated heterocycles. The number of hydrogen-bond acceptors (Lipinski definition) is 3. The van der Waals surface area contributed by atoms with Crippen molar-refractivity contribution in [1.82, 2.24) is 5.32 Å². The summed E-state index contributed by atoms with van der Waals surface area (Å²) in [5.41, 5.74) is 0.973. The van der Waals surface area contributed by atoms with Gasteiger partial charge in [-0.25, -0.2) is 4.79 Å². The van der Waals surface area contributed by atoms with Crippen molar-refractivity contribution >= 4 is 39.1 Å². The third-order valence-electron chi connectivity index (χ3n) is 2.42. The molecule has 4 nitrogen and oxygen atoms in total. The molecule has 6 heteroatoms. The first kappa shape index (κ1) is 15.2. The van der Waals surface area contributed by atoms with Gasteiger partial charge in [0.1, 0.15) is 10.9 Å². The van der Waals surface area contributed by atoms with Crippen molar-refractivity contribution < 1.29 is 14.7 Å². The second-order valence-electron chi connectivity index (χ2n) is 4.56. The Morgan fingerprint density at radius 3 is 2.50 bits per heavy atom. The summed E-state index contributed by atoms with van der Waals surface area (Å²) in [5.74, 6) is -1.13. The van der Waals surface area contributed by atoms with E-state index in [1.807, 2.05) is 26.2 Å². The van der Waals surface area contributed by atoms with Gasteiger partial charge in [0, 0.05) is 4.47 Å². The molecule has 1 aromatic heterocycles. The Morgan fingerprint density at radius 2 is 2.11 bits per heavy atom. The average molecular weight is 334 g/mol. The van der Waals surface area contributed by atoms with Crippen molar-refractivity contribution in [3.63, 3.8) is 0 Å². The summed E-state index contributed by atoms with van der Waals surface area (Å²) >= 11 is 4.64. The van der Waals surface area contributed by atoms with Crippen LogP contribution in [0.15, 0.2) is 9.85 Å². The van der Waals surface area contributed by atoms with Gasteiger partial charge in [-0.2, -0.15) is 0 Å². The first-order valence-corrected chi connectivity index (χ1v) is 7.27. The van der Waals surface area contributed by atoms with E-state index in [0.29, 0.717) is 11.3 Å². The van der Waals surface area contributed by atoms with E-state index in [9.17, 15) is 9.59 Å². The Morgan fingerprint density at radius 1 is 1.50 bits per heavy atom. The SMILES string of the molecule is Cc1csc(C(=O)N[C@@H](CC(C)C)C(=O)O)c1Br. The number of carbonyl (C=O) groups excluding carboxylic acids is 1. The van der Waals surface area contributed by atoms with Crippen LogP contribution in [0.4, 0.5) is 0 Å². The van der Waals surface area contributed by atoms with Crippen molar-refractivity contribution in [2.45, 2.75) is 33.2 Å². The highest BCUT2D eigenvalue weighted by Gasteiger charge is 2.23. The molecule has 0 aliphatic heterocycles. The minimum atomic E-state index is -0.999.